The zero-order valence-corrected chi connectivity index (χ0v) is 10.4. The molecule has 90 valence electrons. The summed E-state index contributed by atoms with van der Waals surface area (Å²) in [6, 6.07) is 3.98. The highest BCUT2D eigenvalue weighted by Gasteiger charge is 2.12. The SMILES string of the molecule is Cc1nnnn1CC(=O)NC(C)c1cccs1. The standard InChI is InChI=1S/C10H13N5OS/c1-7(9-4-3-5-17-9)11-10(16)6-15-8(2)12-13-14-15/h3-5,7H,6H2,1-2H3,(H,11,16). The van der Waals surface area contributed by atoms with Gasteiger partial charge in [-0.25, -0.2) is 4.68 Å². The maximum Gasteiger partial charge on any atom is 0.242 e. The number of thiophene rings is 1. The minimum atomic E-state index is -0.0960. The third-order valence-corrected chi connectivity index (χ3v) is 3.41. The van der Waals surface area contributed by atoms with Crippen molar-refractivity contribution in [2.75, 3.05) is 0 Å². The van der Waals surface area contributed by atoms with Gasteiger partial charge in [0.15, 0.2) is 0 Å². The van der Waals surface area contributed by atoms with E-state index in [4.69, 9.17) is 0 Å². The second kappa shape index (κ2) is 5.05. The average Bonchev–Trinajstić information content (AvgIpc) is 2.90. The number of carbonyl (C=O) groups excluding carboxylic acids is 1. The molecule has 0 saturated heterocycles. The van der Waals surface area contributed by atoms with Gasteiger partial charge in [-0.15, -0.1) is 16.4 Å². The van der Waals surface area contributed by atoms with Gasteiger partial charge in [0.2, 0.25) is 5.91 Å². The van der Waals surface area contributed by atoms with Crippen LogP contribution in [-0.2, 0) is 11.3 Å². The molecule has 0 aromatic carbocycles. The van der Waals surface area contributed by atoms with Crippen LogP contribution in [0.1, 0.15) is 23.7 Å². The van der Waals surface area contributed by atoms with Crippen LogP contribution >= 0.6 is 11.3 Å². The van der Waals surface area contributed by atoms with Gasteiger partial charge in [-0.2, -0.15) is 0 Å². The Bertz CT molecular complexity index is 493. The molecule has 0 fully saturated rings. The predicted molar refractivity (Wildman–Crippen MR) is 63.4 cm³/mol. The lowest BCUT2D eigenvalue weighted by molar-refractivity contribution is -0.122. The summed E-state index contributed by atoms with van der Waals surface area (Å²) in [5.41, 5.74) is 0. The fourth-order valence-corrected chi connectivity index (χ4v) is 2.16. The van der Waals surface area contributed by atoms with E-state index in [0.717, 1.165) is 4.88 Å². The number of nitrogens with zero attached hydrogens (tertiary/aromatic N) is 4. The van der Waals surface area contributed by atoms with E-state index < -0.39 is 0 Å². The number of tetrazole rings is 1. The quantitative estimate of drug-likeness (QED) is 0.877. The zero-order valence-electron chi connectivity index (χ0n) is 9.62. The maximum absolute atomic E-state index is 11.7. The molecule has 17 heavy (non-hydrogen) atoms. The molecule has 1 amide bonds. The first kappa shape index (κ1) is 11.7. The largest absolute Gasteiger partial charge is 0.347 e. The molecule has 0 saturated carbocycles. The molecule has 1 atom stereocenters. The molecule has 2 rings (SSSR count). The van der Waals surface area contributed by atoms with E-state index in [1.165, 1.54) is 4.68 Å². The number of hydrogen-bond donors (Lipinski definition) is 1. The Balaban J connectivity index is 1.92. The third kappa shape index (κ3) is 2.88. The van der Waals surface area contributed by atoms with Crippen LogP contribution in [0.15, 0.2) is 17.5 Å². The third-order valence-electron chi connectivity index (χ3n) is 2.35. The number of hydrogen-bond acceptors (Lipinski definition) is 5. The number of rotatable bonds is 4. The lowest BCUT2D eigenvalue weighted by Crippen LogP contribution is -2.30. The van der Waals surface area contributed by atoms with Gasteiger partial charge in [0.1, 0.15) is 12.4 Å². The number of amides is 1. The topological polar surface area (TPSA) is 72.7 Å². The Hall–Kier alpha value is -1.76. The molecule has 0 aliphatic rings. The first-order valence-corrected chi connectivity index (χ1v) is 6.10. The minimum absolute atomic E-state index is 0.0132. The van der Waals surface area contributed by atoms with E-state index in [2.05, 4.69) is 20.8 Å². The molecule has 2 heterocycles. The number of aryl methyl sites for hydroxylation is 1. The van der Waals surface area contributed by atoms with E-state index in [0.29, 0.717) is 5.82 Å². The first-order chi connectivity index (χ1) is 8.16. The van der Waals surface area contributed by atoms with Gasteiger partial charge < -0.3 is 5.32 Å². The summed E-state index contributed by atoms with van der Waals surface area (Å²) in [4.78, 5) is 12.9. The molecule has 7 heteroatoms. The van der Waals surface area contributed by atoms with Crippen molar-refractivity contribution in [3.05, 3.63) is 28.2 Å². The van der Waals surface area contributed by atoms with Crippen LogP contribution in [0, 0.1) is 6.92 Å². The van der Waals surface area contributed by atoms with Crippen molar-refractivity contribution >= 4 is 17.2 Å². The molecule has 0 spiro atoms. The molecule has 0 aliphatic heterocycles. The van der Waals surface area contributed by atoms with Gasteiger partial charge >= 0.3 is 0 Å². The highest BCUT2D eigenvalue weighted by Crippen LogP contribution is 2.17. The molecule has 1 N–H and O–H groups in total. The fraction of sp³-hybridized carbons (Fsp3) is 0.400. The van der Waals surface area contributed by atoms with Crippen LogP contribution in [0.25, 0.3) is 0 Å². The smallest absolute Gasteiger partial charge is 0.242 e. The van der Waals surface area contributed by atoms with E-state index in [9.17, 15) is 4.79 Å². The Kier molecular flexibility index (Phi) is 3.48. The second-order valence-corrected chi connectivity index (χ2v) is 4.67. The van der Waals surface area contributed by atoms with Crippen molar-refractivity contribution in [2.24, 2.45) is 0 Å². The Morgan fingerprint density at radius 1 is 1.65 bits per heavy atom. The van der Waals surface area contributed by atoms with Gasteiger partial charge in [-0.1, -0.05) is 6.07 Å². The molecular formula is C10H13N5OS. The Morgan fingerprint density at radius 3 is 3.06 bits per heavy atom. The fourth-order valence-electron chi connectivity index (χ4n) is 1.43. The van der Waals surface area contributed by atoms with Crippen molar-refractivity contribution in [1.29, 1.82) is 0 Å². The van der Waals surface area contributed by atoms with E-state index in [-0.39, 0.29) is 18.5 Å². The van der Waals surface area contributed by atoms with Crippen LogP contribution in [0.2, 0.25) is 0 Å². The van der Waals surface area contributed by atoms with Crippen molar-refractivity contribution < 1.29 is 4.79 Å². The predicted octanol–water partition coefficient (Wildman–Crippen LogP) is 0.920. The molecule has 0 radical (unpaired) electrons. The van der Waals surface area contributed by atoms with E-state index in [1.54, 1.807) is 18.3 Å². The van der Waals surface area contributed by atoms with Gasteiger partial charge in [-0.05, 0) is 35.7 Å². The van der Waals surface area contributed by atoms with Crippen LogP contribution in [0.4, 0.5) is 0 Å². The summed E-state index contributed by atoms with van der Waals surface area (Å²) in [5, 5.41) is 15.8. The van der Waals surface area contributed by atoms with Gasteiger partial charge in [0.05, 0.1) is 6.04 Å². The lowest BCUT2D eigenvalue weighted by Gasteiger charge is -2.11. The van der Waals surface area contributed by atoms with Crippen molar-refractivity contribution in [3.8, 4) is 0 Å². The maximum atomic E-state index is 11.7. The van der Waals surface area contributed by atoms with Crippen molar-refractivity contribution in [3.63, 3.8) is 0 Å². The monoisotopic (exact) mass is 251 g/mol. The molecular weight excluding hydrogens is 238 g/mol. The summed E-state index contributed by atoms with van der Waals surface area (Å²) in [7, 11) is 0. The van der Waals surface area contributed by atoms with Crippen LogP contribution in [-0.4, -0.2) is 26.1 Å². The molecule has 6 nitrogen and oxygen atoms in total. The van der Waals surface area contributed by atoms with Gasteiger partial charge in [0, 0.05) is 4.88 Å². The Labute approximate surface area is 103 Å². The molecule has 1 unspecified atom stereocenters. The summed E-state index contributed by atoms with van der Waals surface area (Å²) < 4.78 is 1.47. The molecule has 2 aromatic heterocycles. The lowest BCUT2D eigenvalue weighted by atomic mass is 10.3. The Morgan fingerprint density at radius 2 is 2.47 bits per heavy atom. The van der Waals surface area contributed by atoms with E-state index >= 15 is 0 Å². The zero-order chi connectivity index (χ0) is 12.3. The van der Waals surface area contributed by atoms with E-state index in [1.807, 2.05) is 24.4 Å². The number of nitrogens with one attached hydrogen (secondary N) is 1. The summed E-state index contributed by atoms with van der Waals surface area (Å²) >= 11 is 1.62. The van der Waals surface area contributed by atoms with Crippen molar-refractivity contribution in [2.45, 2.75) is 26.4 Å². The minimum Gasteiger partial charge on any atom is -0.347 e. The first-order valence-electron chi connectivity index (χ1n) is 5.22. The second-order valence-electron chi connectivity index (χ2n) is 3.69. The van der Waals surface area contributed by atoms with Gasteiger partial charge in [0.25, 0.3) is 0 Å². The summed E-state index contributed by atoms with van der Waals surface area (Å²) in [6.45, 7) is 3.86. The van der Waals surface area contributed by atoms with Gasteiger partial charge in [-0.3, -0.25) is 4.79 Å². The highest BCUT2D eigenvalue weighted by atomic mass is 32.1. The van der Waals surface area contributed by atoms with Crippen LogP contribution in [0.3, 0.4) is 0 Å². The van der Waals surface area contributed by atoms with Crippen LogP contribution < -0.4 is 5.32 Å². The normalized spacial score (nSPS) is 12.4. The average molecular weight is 251 g/mol. The molecule has 0 aliphatic carbocycles. The summed E-state index contributed by atoms with van der Waals surface area (Å²) in [6.07, 6.45) is 0. The molecule has 0 bridgehead atoms. The summed E-state index contributed by atoms with van der Waals surface area (Å²) in [5.74, 6) is 0.533. The number of aromatic nitrogens is 4. The van der Waals surface area contributed by atoms with Crippen LogP contribution in [0.5, 0.6) is 0 Å². The number of carbonyl (C=O) groups is 1. The van der Waals surface area contributed by atoms with Crippen molar-refractivity contribution in [1.82, 2.24) is 25.5 Å². The highest BCUT2D eigenvalue weighted by molar-refractivity contribution is 7.10. The molecule has 2 aromatic rings.